The Labute approximate surface area is 276 Å². The molecule has 47 heavy (non-hydrogen) atoms. The van der Waals surface area contributed by atoms with Gasteiger partial charge in [-0.2, -0.15) is 0 Å². The van der Waals surface area contributed by atoms with Crippen LogP contribution in [-0.2, 0) is 44.2 Å². The molecule has 2 aliphatic rings. The molecule has 2 aromatic heterocycles. The van der Waals surface area contributed by atoms with Gasteiger partial charge in [0.05, 0.1) is 0 Å². The van der Waals surface area contributed by atoms with E-state index >= 15 is 0 Å². The summed E-state index contributed by atoms with van der Waals surface area (Å²) in [5.74, 6) is 3.57. The number of hydrogen-bond donors (Lipinski definition) is 2. The van der Waals surface area contributed by atoms with Gasteiger partial charge in [-0.3, -0.25) is 0 Å². The molecule has 6 rings (SSSR count). The van der Waals surface area contributed by atoms with Crippen molar-refractivity contribution < 1.29 is 23.9 Å². The number of hydrogen-bond acceptors (Lipinski definition) is 7. The second kappa shape index (κ2) is 13.0. The van der Waals surface area contributed by atoms with Gasteiger partial charge in [-0.05, 0) is 0 Å². The van der Waals surface area contributed by atoms with Crippen molar-refractivity contribution in [2.24, 2.45) is 0 Å². The van der Waals surface area contributed by atoms with E-state index in [-0.39, 0.29) is 24.6 Å². The molecule has 4 aromatic rings. The number of urea groups is 1. The number of fused-ring (bicyclic) bond motifs is 5. The minimum absolute atomic E-state index is 0.138. The number of carbonyl (C=O) groups excluding carboxylic acids is 3. The van der Waals surface area contributed by atoms with Crippen LogP contribution in [0.25, 0.3) is 22.3 Å². The fourth-order valence-electron chi connectivity index (χ4n) is 6.86. The molecule has 11 heteroatoms. The van der Waals surface area contributed by atoms with Gasteiger partial charge in [0.2, 0.25) is 0 Å². The van der Waals surface area contributed by atoms with E-state index in [1.165, 1.54) is 12.5 Å². The molecule has 0 spiro atoms. The first-order chi connectivity index (χ1) is 22.5. The average Bonchev–Trinajstić information content (AvgIpc) is 3.41. The Morgan fingerprint density at radius 2 is 1.79 bits per heavy atom. The molecule has 2 aliphatic heterocycles. The Bertz CT molecular complexity index is 1940. The van der Waals surface area contributed by atoms with Gasteiger partial charge >= 0.3 is 277 Å². The number of amides is 2. The second-order valence-electron chi connectivity index (χ2n) is 13.1. The van der Waals surface area contributed by atoms with E-state index in [1.807, 2.05) is 54.6 Å². The molecule has 0 saturated heterocycles. The molecule has 2 aromatic carbocycles. The quantitative estimate of drug-likeness (QED) is 0.102. The van der Waals surface area contributed by atoms with Crippen molar-refractivity contribution in [3.8, 4) is 11.4 Å². The summed E-state index contributed by atoms with van der Waals surface area (Å²) in [6.45, 7) is 3.81. The fraction of sp³-hybridized carbons (Fsp3) is 0.361. The number of aryl methyl sites for hydroxylation is 1. The first kappa shape index (κ1) is 32.5. The monoisotopic (exact) mass is 698 g/mol. The van der Waals surface area contributed by atoms with Crippen LogP contribution < -0.4 is 16.2 Å². The third kappa shape index (κ3) is 6.30. The molecule has 2 N–H and O–H groups in total. The molecule has 244 valence electrons. The van der Waals surface area contributed by atoms with Crippen molar-refractivity contribution in [2.45, 2.75) is 73.9 Å². The van der Waals surface area contributed by atoms with Crippen LogP contribution in [0.15, 0.2) is 65.5 Å². The summed E-state index contributed by atoms with van der Waals surface area (Å²) in [5, 5.41) is 9.10. The number of pyridine rings is 2. The Morgan fingerprint density at radius 3 is 2.53 bits per heavy atom. The van der Waals surface area contributed by atoms with E-state index < -0.39 is 30.8 Å². The Morgan fingerprint density at radius 1 is 1.04 bits per heavy atom. The third-order valence-corrected chi connectivity index (χ3v) is 16.3. The van der Waals surface area contributed by atoms with Crippen molar-refractivity contribution in [1.29, 1.82) is 0 Å². The second-order valence-corrected chi connectivity index (χ2v) is 24.3. The number of nitrogens with zero attached hydrogens (tertiary/aromatic N) is 2. The number of nitrogens with one attached hydrogen (secondary N) is 2. The van der Waals surface area contributed by atoms with Gasteiger partial charge in [0.25, 0.3) is 0 Å². The van der Waals surface area contributed by atoms with Crippen LogP contribution in [0.2, 0.25) is 22.0 Å². The standard InChI is InChI=1S/C36H40GeN4O6/c1-5-36(47-23(2)42)29-20-31-32-27(21-41(31)33(43)28(29)22-46-34(36)44)25(26-14-9-10-15-30(26)40-32)16-18-37(3,4)17-11-19-38-35(45)39-24-12-7-6-8-13-24/h6-10,12-15,20H,5,11,16-19,21-22H2,1-4H3,(H2,38,39,45)/t36-/m0/s1. The zero-order chi connectivity index (χ0) is 33.3. The van der Waals surface area contributed by atoms with Gasteiger partial charge in [-0.25, -0.2) is 0 Å². The summed E-state index contributed by atoms with van der Waals surface area (Å²) >= 11 is -2.26. The summed E-state index contributed by atoms with van der Waals surface area (Å²) in [6, 6.07) is 19.1. The molecular weight excluding hydrogens is 657 g/mol. The van der Waals surface area contributed by atoms with Crippen LogP contribution in [0.3, 0.4) is 0 Å². The van der Waals surface area contributed by atoms with Crippen LogP contribution in [0.5, 0.6) is 0 Å². The fourth-order valence-corrected chi connectivity index (χ4v) is 11.7. The van der Waals surface area contributed by atoms with Gasteiger partial charge in [0.15, 0.2) is 0 Å². The summed E-state index contributed by atoms with van der Waals surface area (Å²) in [5.41, 5.74) is 3.95. The molecule has 1 atom stereocenters. The number of ether oxygens (including phenoxy) is 2. The number of rotatable bonds is 10. The Balaban J connectivity index is 1.25. The first-order valence-corrected chi connectivity index (χ1v) is 23.3. The summed E-state index contributed by atoms with van der Waals surface area (Å²) in [6.07, 6.45) is 1.91. The van der Waals surface area contributed by atoms with Crippen molar-refractivity contribution in [2.75, 3.05) is 11.9 Å². The number of cyclic esters (lactones) is 1. The van der Waals surface area contributed by atoms with Gasteiger partial charge in [-0.1, -0.05) is 0 Å². The van der Waals surface area contributed by atoms with E-state index in [1.54, 1.807) is 11.5 Å². The van der Waals surface area contributed by atoms with E-state index in [0.29, 0.717) is 29.9 Å². The SMILES string of the molecule is CC[C@@]1(OC(C)=O)C(=O)OCc2c1cc1n(c2=O)Cc2c-1nc1ccccc1c2C[CH2][Ge]([CH3])([CH3])[CH2]CCNC(=O)Nc1ccccc1. The van der Waals surface area contributed by atoms with E-state index in [0.717, 1.165) is 51.2 Å². The minimum atomic E-state index is -2.26. The van der Waals surface area contributed by atoms with Gasteiger partial charge in [-0.15, -0.1) is 0 Å². The zero-order valence-electron chi connectivity index (χ0n) is 27.3. The van der Waals surface area contributed by atoms with E-state index in [2.05, 4.69) is 28.2 Å². The normalized spacial score (nSPS) is 16.6. The topological polar surface area (TPSA) is 129 Å². The van der Waals surface area contributed by atoms with Crippen molar-refractivity contribution in [3.63, 3.8) is 0 Å². The number of anilines is 1. The number of carbonyl (C=O) groups is 3. The molecule has 0 fully saturated rings. The van der Waals surface area contributed by atoms with Crippen molar-refractivity contribution in [1.82, 2.24) is 14.9 Å². The molecule has 0 radical (unpaired) electrons. The zero-order valence-corrected chi connectivity index (χ0v) is 29.4. The van der Waals surface area contributed by atoms with Crippen LogP contribution in [0, 0.1) is 0 Å². The summed E-state index contributed by atoms with van der Waals surface area (Å²) in [7, 11) is 0. The number of esters is 2. The number of aromatic nitrogens is 2. The molecule has 10 nitrogen and oxygen atoms in total. The third-order valence-electron chi connectivity index (χ3n) is 9.40. The first-order valence-electron chi connectivity index (χ1n) is 16.2. The summed E-state index contributed by atoms with van der Waals surface area (Å²) in [4.78, 5) is 56.5. The van der Waals surface area contributed by atoms with Crippen LogP contribution >= 0.6 is 0 Å². The molecule has 0 unspecified atom stereocenters. The molecule has 4 heterocycles. The van der Waals surface area contributed by atoms with Gasteiger partial charge in [0, 0.05) is 0 Å². The molecule has 0 saturated carbocycles. The molecule has 2 amide bonds. The number of benzene rings is 2. The Hall–Kier alpha value is -4.45. The van der Waals surface area contributed by atoms with Crippen molar-refractivity contribution >= 4 is 47.8 Å². The van der Waals surface area contributed by atoms with Crippen LogP contribution in [0.1, 0.15) is 48.9 Å². The van der Waals surface area contributed by atoms with E-state index in [9.17, 15) is 19.2 Å². The van der Waals surface area contributed by atoms with Gasteiger partial charge < -0.3 is 0 Å². The molecular formula is C36H40GeN4O6. The predicted octanol–water partition coefficient (Wildman–Crippen LogP) is 6.11. The van der Waals surface area contributed by atoms with Gasteiger partial charge in [0.1, 0.15) is 0 Å². The Kier molecular flexibility index (Phi) is 8.97. The maximum atomic E-state index is 14.0. The molecule has 0 aliphatic carbocycles. The van der Waals surface area contributed by atoms with Crippen LogP contribution in [0.4, 0.5) is 10.5 Å². The van der Waals surface area contributed by atoms with E-state index in [4.69, 9.17) is 14.5 Å². The predicted molar refractivity (Wildman–Crippen MR) is 183 cm³/mol. The summed E-state index contributed by atoms with van der Waals surface area (Å²) < 4.78 is 12.7. The molecule has 0 bridgehead atoms. The van der Waals surface area contributed by atoms with Crippen LogP contribution in [-0.4, -0.2) is 47.3 Å². The number of para-hydroxylation sites is 2. The maximum absolute atomic E-state index is 14.0. The average molecular weight is 697 g/mol. The van der Waals surface area contributed by atoms with Crippen molar-refractivity contribution in [3.05, 3.63) is 93.3 Å².